The molecule has 0 saturated carbocycles. The largest absolute Gasteiger partial charge is 0.459 e. The second-order valence-corrected chi connectivity index (χ2v) is 5.29. The zero-order chi connectivity index (χ0) is 15.4. The molecule has 2 aromatic heterocycles. The highest BCUT2D eigenvalue weighted by Crippen LogP contribution is 2.10. The zero-order valence-corrected chi connectivity index (χ0v) is 12.2. The lowest BCUT2D eigenvalue weighted by Crippen LogP contribution is -2.41. The smallest absolute Gasteiger partial charge is 0.314 e. The van der Waals surface area contributed by atoms with Gasteiger partial charge in [0.2, 0.25) is 0 Å². The van der Waals surface area contributed by atoms with E-state index >= 15 is 0 Å². The van der Waals surface area contributed by atoms with Crippen molar-refractivity contribution in [2.24, 2.45) is 0 Å². The molecule has 2 N–H and O–H groups in total. The first kappa shape index (κ1) is 14.6. The number of carbonyl (C=O) groups excluding carboxylic acids is 1. The third-order valence-electron chi connectivity index (χ3n) is 3.74. The first-order valence-electron chi connectivity index (χ1n) is 7.44. The quantitative estimate of drug-likeness (QED) is 0.865. The van der Waals surface area contributed by atoms with E-state index in [1.807, 2.05) is 6.07 Å². The molecule has 7 heteroatoms. The van der Waals surface area contributed by atoms with Crippen LogP contribution < -0.4 is 16.2 Å². The van der Waals surface area contributed by atoms with Gasteiger partial charge >= 0.3 is 6.03 Å². The van der Waals surface area contributed by atoms with Crippen LogP contribution in [-0.4, -0.2) is 36.4 Å². The molecule has 2 amide bonds. The molecule has 3 heterocycles. The van der Waals surface area contributed by atoms with E-state index in [0.29, 0.717) is 25.2 Å². The average Bonchev–Trinajstić information content (AvgIpc) is 3.18. The minimum atomic E-state index is -0.248. The van der Waals surface area contributed by atoms with Crippen LogP contribution >= 0.6 is 0 Å². The number of amides is 2. The Kier molecular flexibility index (Phi) is 4.43. The van der Waals surface area contributed by atoms with Gasteiger partial charge in [-0.15, -0.1) is 0 Å². The van der Waals surface area contributed by atoms with E-state index in [1.54, 1.807) is 12.3 Å². The van der Waals surface area contributed by atoms with Crippen LogP contribution in [0.5, 0.6) is 0 Å². The lowest BCUT2D eigenvalue weighted by molar-refractivity contribution is 0.111. The lowest BCUT2D eigenvalue weighted by Gasteiger charge is -2.12. The van der Waals surface area contributed by atoms with Crippen LogP contribution in [0.25, 0.3) is 11.0 Å². The van der Waals surface area contributed by atoms with Gasteiger partial charge in [-0.05, 0) is 25.0 Å². The standard InChI is InChI=1S/C15H19N3O4/c19-14-13-11(4-9-22-13)3-6-18(14)7-5-16-15(20)17-10-12-2-1-8-21-12/h3-4,6,9,12H,1-2,5,7-8,10H2,(H2,16,17,20). The van der Waals surface area contributed by atoms with Crippen molar-refractivity contribution in [1.82, 2.24) is 15.2 Å². The minimum absolute atomic E-state index is 0.120. The first-order valence-corrected chi connectivity index (χ1v) is 7.44. The number of fused-ring (bicyclic) bond motifs is 1. The van der Waals surface area contributed by atoms with Gasteiger partial charge in [-0.3, -0.25) is 4.79 Å². The number of pyridine rings is 1. The molecule has 22 heavy (non-hydrogen) atoms. The van der Waals surface area contributed by atoms with Crippen molar-refractivity contribution in [3.8, 4) is 0 Å². The molecular formula is C15H19N3O4. The Hall–Kier alpha value is -2.28. The number of carbonyl (C=O) groups is 1. The number of hydrogen-bond donors (Lipinski definition) is 2. The van der Waals surface area contributed by atoms with E-state index < -0.39 is 0 Å². The van der Waals surface area contributed by atoms with Gasteiger partial charge in [0.05, 0.1) is 12.4 Å². The molecule has 118 valence electrons. The van der Waals surface area contributed by atoms with Crippen LogP contribution in [0.15, 0.2) is 33.8 Å². The Balaban J connectivity index is 1.46. The third-order valence-corrected chi connectivity index (χ3v) is 3.74. The SMILES string of the molecule is O=C(NCCn1ccc2ccoc2c1=O)NCC1CCCO1. The average molecular weight is 305 g/mol. The van der Waals surface area contributed by atoms with Gasteiger partial charge in [0.25, 0.3) is 5.56 Å². The van der Waals surface area contributed by atoms with Crippen molar-refractivity contribution in [2.45, 2.75) is 25.5 Å². The molecule has 1 saturated heterocycles. The summed E-state index contributed by atoms with van der Waals surface area (Å²) >= 11 is 0. The molecule has 1 unspecified atom stereocenters. The predicted octanol–water partition coefficient (Wildman–Crippen LogP) is 1.07. The Morgan fingerprint density at radius 2 is 2.27 bits per heavy atom. The molecule has 7 nitrogen and oxygen atoms in total. The summed E-state index contributed by atoms with van der Waals surface area (Å²) in [6.45, 7) is 2.04. The summed E-state index contributed by atoms with van der Waals surface area (Å²) < 4.78 is 12.1. The lowest BCUT2D eigenvalue weighted by atomic mass is 10.2. The van der Waals surface area contributed by atoms with Crippen molar-refractivity contribution in [3.05, 3.63) is 34.9 Å². The molecule has 2 aromatic rings. The van der Waals surface area contributed by atoms with Crippen LogP contribution in [-0.2, 0) is 11.3 Å². The summed E-state index contributed by atoms with van der Waals surface area (Å²) in [6.07, 6.45) is 5.35. The number of hydrogen-bond acceptors (Lipinski definition) is 4. The summed E-state index contributed by atoms with van der Waals surface area (Å²) in [5.74, 6) is 0. The van der Waals surface area contributed by atoms with Gasteiger partial charge in [0.1, 0.15) is 0 Å². The van der Waals surface area contributed by atoms with Gasteiger partial charge in [-0.25, -0.2) is 4.79 Å². The summed E-state index contributed by atoms with van der Waals surface area (Å²) in [4.78, 5) is 23.8. The normalized spacial score (nSPS) is 17.7. The summed E-state index contributed by atoms with van der Waals surface area (Å²) in [6, 6.07) is 3.32. The van der Waals surface area contributed by atoms with Crippen LogP contribution in [0, 0.1) is 0 Å². The number of nitrogens with zero attached hydrogens (tertiary/aromatic N) is 1. The van der Waals surface area contributed by atoms with Crippen LogP contribution in [0.3, 0.4) is 0 Å². The van der Waals surface area contributed by atoms with Crippen LogP contribution in [0.4, 0.5) is 4.79 Å². The number of ether oxygens (including phenoxy) is 1. The topological polar surface area (TPSA) is 85.5 Å². The summed E-state index contributed by atoms with van der Waals surface area (Å²) in [7, 11) is 0. The van der Waals surface area contributed by atoms with Gasteiger partial charge in [-0.1, -0.05) is 0 Å². The van der Waals surface area contributed by atoms with Crippen molar-refractivity contribution >= 4 is 17.0 Å². The van der Waals surface area contributed by atoms with Crippen molar-refractivity contribution in [3.63, 3.8) is 0 Å². The van der Waals surface area contributed by atoms with E-state index in [4.69, 9.17) is 9.15 Å². The highest BCUT2D eigenvalue weighted by Gasteiger charge is 2.15. The third kappa shape index (κ3) is 3.30. The van der Waals surface area contributed by atoms with E-state index in [-0.39, 0.29) is 17.7 Å². The highest BCUT2D eigenvalue weighted by atomic mass is 16.5. The van der Waals surface area contributed by atoms with Crippen LogP contribution in [0.2, 0.25) is 0 Å². The van der Waals surface area contributed by atoms with E-state index in [9.17, 15) is 9.59 Å². The molecule has 0 radical (unpaired) electrons. The second kappa shape index (κ2) is 6.65. The van der Waals surface area contributed by atoms with Crippen molar-refractivity contribution < 1.29 is 13.9 Å². The number of furan rings is 1. The maximum Gasteiger partial charge on any atom is 0.314 e. The molecule has 1 fully saturated rings. The molecule has 1 aliphatic heterocycles. The molecule has 0 bridgehead atoms. The van der Waals surface area contributed by atoms with Crippen LogP contribution in [0.1, 0.15) is 12.8 Å². The Labute approximate surface area is 127 Å². The molecule has 1 atom stereocenters. The zero-order valence-electron chi connectivity index (χ0n) is 12.2. The number of aromatic nitrogens is 1. The van der Waals surface area contributed by atoms with Gasteiger partial charge in [0.15, 0.2) is 5.58 Å². The summed E-state index contributed by atoms with van der Waals surface area (Å²) in [5, 5.41) is 6.28. The fraction of sp³-hybridized carbons (Fsp3) is 0.467. The first-order chi connectivity index (χ1) is 10.7. The van der Waals surface area contributed by atoms with E-state index in [2.05, 4.69) is 10.6 Å². The Morgan fingerprint density at radius 3 is 3.09 bits per heavy atom. The molecule has 3 rings (SSSR count). The highest BCUT2D eigenvalue weighted by molar-refractivity contribution is 5.75. The molecule has 1 aliphatic rings. The molecule has 0 aromatic carbocycles. The van der Waals surface area contributed by atoms with Gasteiger partial charge < -0.3 is 24.4 Å². The van der Waals surface area contributed by atoms with E-state index in [1.165, 1.54) is 10.8 Å². The Morgan fingerprint density at radius 1 is 1.36 bits per heavy atom. The molecule has 0 spiro atoms. The number of nitrogens with one attached hydrogen (secondary N) is 2. The fourth-order valence-electron chi connectivity index (χ4n) is 2.53. The van der Waals surface area contributed by atoms with Gasteiger partial charge in [0, 0.05) is 37.8 Å². The number of urea groups is 1. The fourth-order valence-corrected chi connectivity index (χ4v) is 2.53. The van der Waals surface area contributed by atoms with Gasteiger partial charge in [-0.2, -0.15) is 0 Å². The molecule has 0 aliphatic carbocycles. The minimum Gasteiger partial charge on any atom is -0.459 e. The van der Waals surface area contributed by atoms with Crippen molar-refractivity contribution in [1.29, 1.82) is 0 Å². The monoisotopic (exact) mass is 305 g/mol. The number of rotatable bonds is 5. The van der Waals surface area contributed by atoms with Crippen molar-refractivity contribution in [2.75, 3.05) is 19.7 Å². The second-order valence-electron chi connectivity index (χ2n) is 5.29. The molecular weight excluding hydrogens is 286 g/mol. The predicted molar refractivity (Wildman–Crippen MR) is 80.8 cm³/mol. The maximum absolute atomic E-state index is 12.1. The van der Waals surface area contributed by atoms with E-state index in [0.717, 1.165) is 24.8 Å². The maximum atomic E-state index is 12.1. The summed E-state index contributed by atoms with van der Waals surface area (Å²) in [5.41, 5.74) is 0.148. The Bertz CT molecular complexity index is 700.